The fourth-order valence-corrected chi connectivity index (χ4v) is 3.77. The van der Waals surface area contributed by atoms with Crippen molar-refractivity contribution >= 4 is 11.6 Å². The van der Waals surface area contributed by atoms with E-state index in [4.69, 9.17) is 14.2 Å². The van der Waals surface area contributed by atoms with Crippen molar-refractivity contribution in [3.63, 3.8) is 0 Å². The topological polar surface area (TPSA) is 67.4 Å². The third-order valence-corrected chi connectivity index (χ3v) is 5.43. The highest BCUT2D eigenvalue weighted by Crippen LogP contribution is 2.30. The summed E-state index contributed by atoms with van der Waals surface area (Å²) in [6.45, 7) is 11.3. The summed E-state index contributed by atoms with van der Waals surface area (Å²) >= 11 is 0. The Morgan fingerprint density at radius 1 is 1.06 bits per heavy atom. The zero-order valence-corrected chi connectivity index (χ0v) is 19.7. The van der Waals surface area contributed by atoms with Gasteiger partial charge in [-0.3, -0.25) is 4.99 Å². The lowest BCUT2D eigenvalue weighted by Gasteiger charge is -2.30. The number of anilines is 1. The number of para-hydroxylation sites is 1. The zero-order chi connectivity index (χ0) is 22.8. The van der Waals surface area contributed by atoms with Gasteiger partial charge in [0.15, 0.2) is 17.5 Å². The van der Waals surface area contributed by atoms with Gasteiger partial charge in [-0.2, -0.15) is 0 Å². The summed E-state index contributed by atoms with van der Waals surface area (Å²) in [7, 11) is 1.79. The highest BCUT2D eigenvalue weighted by molar-refractivity contribution is 5.80. The third-order valence-electron chi connectivity index (χ3n) is 5.43. The average molecular weight is 441 g/mol. The molecule has 7 nitrogen and oxygen atoms in total. The minimum atomic E-state index is 0.0468. The van der Waals surface area contributed by atoms with Gasteiger partial charge in [-0.25, -0.2) is 0 Å². The molecule has 2 aromatic rings. The Kier molecular flexibility index (Phi) is 9.04. The van der Waals surface area contributed by atoms with Crippen LogP contribution >= 0.6 is 0 Å². The van der Waals surface area contributed by atoms with Gasteiger partial charge in [0.25, 0.3) is 0 Å². The van der Waals surface area contributed by atoms with Crippen molar-refractivity contribution in [2.45, 2.75) is 33.4 Å². The maximum absolute atomic E-state index is 5.78. The van der Waals surface area contributed by atoms with Crippen molar-refractivity contribution in [3.05, 3.63) is 53.6 Å². The van der Waals surface area contributed by atoms with Gasteiger partial charge in [-0.1, -0.05) is 24.3 Å². The van der Waals surface area contributed by atoms with Crippen LogP contribution in [0.25, 0.3) is 0 Å². The second kappa shape index (κ2) is 12.2. The van der Waals surface area contributed by atoms with E-state index in [-0.39, 0.29) is 6.04 Å². The number of hydrogen-bond donors (Lipinski definition) is 2. The largest absolute Gasteiger partial charge is 0.490 e. The van der Waals surface area contributed by atoms with Gasteiger partial charge in [0, 0.05) is 32.4 Å². The van der Waals surface area contributed by atoms with E-state index in [2.05, 4.69) is 57.8 Å². The molecule has 0 aromatic heterocycles. The summed E-state index contributed by atoms with van der Waals surface area (Å²) in [5.41, 5.74) is 3.60. The van der Waals surface area contributed by atoms with E-state index in [1.54, 1.807) is 7.05 Å². The van der Waals surface area contributed by atoms with Crippen molar-refractivity contribution < 1.29 is 14.2 Å². The first-order valence-electron chi connectivity index (χ1n) is 11.4. The molecule has 1 heterocycles. The number of morpholine rings is 1. The first-order valence-corrected chi connectivity index (χ1v) is 11.4. The molecule has 0 spiro atoms. The summed E-state index contributed by atoms with van der Waals surface area (Å²) in [4.78, 5) is 6.80. The molecule has 3 rings (SSSR count). The molecule has 1 atom stereocenters. The van der Waals surface area contributed by atoms with Gasteiger partial charge in [0.05, 0.1) is 32.5 Å². The molecule has 0 saturated carbocycles. The molecule has 174 valence electrons. The van der Waals surface area contributed by atoms with Crippen molar-refractivity contribution in [1.29, 1.82) is 0 Å². The third kappa shape index (κ3) is 6.29. The lowest BCUT2D eigenvalue weighted by Crippen LogP contribution is -2.39. The Morgan fingerprint density at radius 3 is 2.50 bits per heavy atom. The highest BCUT2D eigenvalue weighted by Gasteiger charge is 2.16. The molecule has 0 aliphatic carbocycles. The maximum atomic E-state index is 5.78. The van der Waals surface area contributed by atoms with Gasteiger partial charge >= 0.3 is 0 Å². The van der Waals surface area contributed by atoms with Gasteiger partial charge in [0.1, 0.15) is 0 Å². The van der Waals surface area contributed by atoms with Crippen LogP contribution < -0.4 is 25.0 Å². The standard InChI is InChI=1S/C25H36N4O3/c1-5-31-23-12-11-20(17-24(23)32-6-2)19(3)28-25(26-4)27-18-21-9-7-8-10-22(21)29-13-15-30-16-14-29/h7-12,17,19H,5-6,13-16,18H2,1-4H3,(H2,26,27,28). The Bertz CT molecular complexity index is 881. The van der Waals surface area contributed by atoms with Gasteiger partial charge in [-0.05, 0) is 50.1 Å². The number of benzene rings is 2. The number of guanidine groups is 1. The van der Waals surface area contributed by atoms with E-state index in [9.17, 15) is 0 Å². The van der Waals surface area contributed by atoms with Crippen molar-refractivity contribution in [3.8, 4) is 11.5 Å². The predicted molar refractivity (Wildman–Crippen MR) is 130 cm³/mol. The SMILES string of the molecule is CCOc1ccc(C(C)NC(=NC)NCc2ccccc2N2CCOCC2)cc1OCC. The Morgan fingerprint density at radius 2 is 1.78 bits per heavy atom. The van der Waals surface area contributed by atoms with Crippen LogP contribution in [0.2, 0.25) is 0 Å². The van der Waals surface area contributed by atoms with E-state index in [1.165, 1.54) is 11.3 Å². The molecule has 32 heavy (non-hydrogen) atoms. The lowest BCUT2D eigenvalue weighted by atomic mass is 10.1. The van der Waals surface area contributed by atoms with Crippen molar-refractivity contribution in [2.75, 3.05) is 51.5 Å². The molecule has 1 fully saturated rings. The molecule has 1 aliphatic heterocycles. The molecule has 0 bridgehead atoms. The Balaban J connectivity index is 1.64. The molecule has 2 aromatic carbocycles. The summed E-state index contributed by atoms with van der Waals surface area (Å²) in [5, 5.41) is 6.94. The first-order chi connectivity index (χ1) is 15.7. The summed E-state index contributed by atoms with van der Waals surface area (Å²) in [6.07, 6.45) is 0. The van der Waals surface area contributed by atoms with Crippen LogP contribution in [0.3, 0.4) is 0 Å². The van der Waals surface area contributed by atoms with Crippen molar-refractivity contribution in [2.24, 2.45) is 4.99 Å². The van der Waals surface area contributed by atoms with Crippen LogP contribution in [0.5, 0.6) is 11.5 Å². The maximum Gasteiger partial charge on any atom is 0.191 e. The molecule has 1 aliphatic rings. The average Bonchev–Trinajstić information content (AvgIpc) is 2.83. The summed E-state index contributed by atoms with van der Waals surface area (Å²) < 4.78 is 17.0. The summed E-state index contributed by atoms with van der Waals surface area (Å²) in [6, 6.07) is 14.6. The van der Waals surface area contributed by atoms with E-state index in [0.29, 0.717) is 19.8 Å². The van der Waals surface area contributed by atoms with Crippen LogP contribution in [-0.4, -0.2) is 52.5 Å². The van der Waals surface area contributed by atoms with Crippen LogP contribution in [0.15, 0.2) is 47.5 Å². The molecule has 0 amide bonds. The normalized spacial score (nSPS) is 15.2. The van der Waals surface area contributed by atoms with E-state index in [1.807, 2.05) is 26.0 Å². The second-order valence-corrected chi connectivity index (χ2v) is 7.59. The molecule has 0 radical (unpaired) electrons. The Labute approximate surface area is 191 Å². The number of rotatable bonds is 9. The van der Waals surface area contributed by atoms with E-state index in [0.717, 1.165) is 49.3 Å². The van der Waals surface area contributed by atoms with Crippen LogP contribution in [0.4, 0.5) is 5.69 Å². The van der Waals surface area contributed by atoms with E-state index >= 15 is 0 Å². The second-order valence-electron chi connectivity index (χ2n) is 7.59. The van der Waals surface area contributed by atoms with Gasteiger partial charge in [-0.15, -0.1) is 0 Å². The first kappa shape index (κ1) is 23.7. The number of nitrogens with zero attached hydrogens (tertiary/aromatic N) is 2. The number of nitrogens with one attached hydrogen (secondary N) is 2. The number of ether oxygens (including phenoxy) is 3. The predicted octanol–water partition coefficient (Wildman–Crippen LogP) is 3.75. The number of hydrogen-bond acceptors (Lipinski definition) is 5. The Hall–Kier alpha value is -2.93. The van der Waals surface area contributed by atoms with Gasteiger partial charge < -0.3 is 29.7 Å². The van der Waals surface area contributed by atoms with Crippen LogP contribution in [0.1, 0.15) is 37.9 Å². The quantitative estimate of drug-likeness (QED) is 0.457. The molecule has 2 N–H and O–H groups in total. The fourth-order valence-electron chi connectivity index (χ4n) is 3.77. The van der Waals surface area contributed by atoms with Crippen molar-refractivity contribution in [1.82, 2.24) is 10.6 Å². The fraction of sp³-hybridized carbons (Fsp3) is 0.480. The minimum Gasteiger partial charge on any atom is -0.490 e. The van der Waals surface area contributed by atoms with Gasteiger partial charge in [0.2, 0.25) is 0 Å². The zero-order valence-electron chi connectivity index (χ0n) is 19.7. The van der Waals surface area contributed by atoms with E-state index < -0.39 is 0 Å². The van der Waals surface area contributed by atoms with Crippen LogP contribution in [-0.2, 0) is 11.3 Å². The molecule has 1 saturated heterocycles. The monoisotopic (exact) mass is 440 g/mol. The highest BCUT2D eigenvalue weighted by atomic mass is 16.5. The molecule has 7 heteroatoms. The lowest BCUT2D eigenvalue weighted by molar-refractivity contribution is 0.122. The molecular weight excluding hydrogens is 404 g/mol. The molecular formula is C25H36N4O3. The summed E-state index contributed by atoms with van der Waals surface area (Å²) in [5.74, 6) is 2.29. The molecule has 1 unspecified atom stereocenters. The minimum absolute atomic E-state index is 0.0468. The smallest absolute Gasteiger partial charge is 0.191 e. The van der Waals surface area contributed by atoms with Crippen LogP contribution in [0, 0.1) is 0 Å². The number of aliphatic imine (C=N–C) groups is 1.